The molecule has 0 unspecified atom stereocenters. The summed E-state index contributed by atoms with van der Waals surface area (Å²) in [5.41, 5.74) is 2.87. The van der Waals surface area contributed by atoms with Crippen LogP contribution in [-0.4, -0.2) is 24.7 Å². The van der Waals surface area contributed by atoms with Crippen LogP contribution in [0.4, 0.5) is 0 Å². The van der Waals surface area contributed by atoms with Gasteiger partial charge in [0.25, 0.3) is 0 Å². The van der Waals surface area contributed by atoms with Crippen molar-refractivity contribution in [3.63, 3.8) is 0 Å². The summed E-state index contributed by atoms with van der Waals surface area (Å²) in [6, 6.07) is 11.2. The van der Waals surface area contributed by atoms with E-state index in [0.717, 1.165) is 17.0 Å². The van der Waals surface area contributed by atoms with Crippen molar-refractivity contribution in [3.05, 3.63) is 53.3 Å². The number of rotatable bonds is 7. The molecule has 5 nitrogen and oxygen atoms in total. The smallest absolute Gasteiger partial charge is 0.215 e. The summed E-state index contributed by atoms with van der Waals surface area (Å²) in [7, 11) is -3.31. The summed E-state index contributed by atoms with van der Waals surface area (Å²) in [6.07, 6.45) is 0. The lowest BCUT2D eigenvalue weighted by Gasteiger charge is -2.14. The predicted octanol–water partition coefficient (Wildman–Crippen LogP) is 2.26. The third kappa shape index (κ3) is 4.96. The van der Waals surface area contributed by atoms with Gasteiger partial charge in [-0.2, -0.15) is 5.10 Å². The molecule has 1 atom stereocenters. The molecule has 1 heterocycles. The summed E-state index contributed by atoms with van der Waals surface area (Å²) < 4.78 is 28.8. The van der Waals surface area contributed by atoms with E-state index in [-0.39, 0.29) is 11.7 Å². The van der Waals surface area contributed by atoms with Crippen LogP contribution in [-0.2, 0) is 22.3 Å². The van der Waals surface area contributed by atoms with Crippen LogP contribution in [0.1, 0.15) is 23.9 Å². The molecule has 1 aromatic heterocycles. The first kappa shape index (κ1) is 16.7. The van der Waals surface area contributed by atoms with Crippen LogP contribution in [0.25, 0.3) is 0 Å². The van der Waals surface area contributed by atoms with Crippen LogP contribution in [0.2, 0.25) is 0 Å². The maximum atomic E-state index is 12.1. The zero-order valence-corrected chi connectivity index (χ0v) is 14.1. The highest BCUT2D eigenvalue weighted by Crippen LogP contribution is 2.08. The Morgan fingerprint density at radius 2 is 1.91 bits per heavy atom. The van der Waals surface area contributed by atoms with E-state index in [1.165, 1.54) is 0 Å². The molecule has 0 amide bonds. The number of hydrogen-bond donors (Lipinski definition) is 1. The summed E-state index contributed by atoms with van der Waals surface area (Å²) in [4.78, 5) is 0. The summed E-state index contributed by atoms with van der Waals surface area (Å²) in [5.74, 6) is 0.184. The zero-order chi connectivity index (χ0) is 16.2. The largest absolute Gasteiger partial charge is 0.269 e. The number of sulfonamides is 1. The van der Waals surface area contributed by atoms with Crippen molar-refractivity contribution in [2.24, 2.45) is 5.92 Å². The molecule has 0 radical (unpaired) electrons. The first-order valence-electron chi connectivity index (χ1n) is 7.38. The first-order chi connectivity index (χ1) is 10.4. The molecule has 0 aliphatic carbocycles. The van der Waals surface area contributed by atoms with E-state index >= 15 is 0 Å². The van der Waals surface area contributed by atoms with Crippen LogP contribution in [0.5, 0.6) is 0 Å². The van der Waals surface area contributed by atoms with Crippen LogP contribution in [0.3, 0.4) is 0 Å². The van der Waals surface area contributed by atoms with Crippen LogP contribution in [0, 0.1) is 19.8 Å². The van der Waals surface area contributed by atoms with Gasteiger partial charge in [-0.05, 0) is 31.4 Å². The number of nitrogens with zero attached hydrogens (tertiary/aromatic N) is 2. The van der Waals surface area contributed by atoms with E-state index < -0.39 is 10.0 Å². The van der Waals surface area contributed by atoms with E-state index in [9.17, 15) is 8.42 Å². The highest BCUT2D eigenvalue weighted by Gasteiger charge is 2.14. The minimum Gasteiger partial charge on any atom is -0.269 e. The SMILES string of the molecule is Cc1cc(C)n(C[C@H](C)CNS(=O)(=O)Cc2ccccc2)n1. The fourth-order valence-electron chi connectivity index (χ4n) is 2.33. The Balaban J connectivity index is 1.87. The van der Waals surface area contributed by atoms with Gasteiger partial charge in [0.2, 0.25) is 10.0 Å². The van der Waals surface area contributed by atoms with E-state index in [2.05, 4.69) is 9.82 Å². The molecule has 1 aromatic carbocycles. The standard InChI is InChI=1S/C16H23N3O2S/c1-13(11-19-15(3)9-14(2)18-19)10-17-22(20,21)12-16-7-5-4-6-8-16/h4-9,13,17H,10-12H2,1-3H3/t13-/m1/s1. The molecular weight excluding hydrogens is 298 g/mol. The molecule has 22 heavy (non-hydrogen) atoms. The molecule has 0 spiro atoms. The normalized spacial score (nSPS) is 13.2. The highest BCUT2D eigenvalue weighted by molar-refractivity contribution is 7.88. The summed E-state index contributed by atoms with van der Waals surface area (Å²) >= 11 is 0. The average molecular weight is 321 g/mol. The van der Waals surface area contributed by atoms with Gasteiger partial charge in [-0.1, -0.05) is 37.3 Å². The first-order valence-corrected chi connectivity index (χ1v) is 9.03. The van der Waals surface area contributed by atoms with Crippen LogP contribution < -0.4 is 4.72 Å². The molecule has 2 aromatic rings. The van der Waals surface area contributed by atoms with Gasteiger partial charge in [-0.25, -0.2) is 13.1 Å². The monoisotopic (exact) mass is 321 g/mol. The van der Waals surface area contributed by atoms with Gasteiger partial charge in [-0.3, -0.25) is 4.68 Å². The molecule has 2 rings (SSSR count). The lowest BCUT2D eigenvalue weighted by atomic mass is 10.2. The van der Waals surface area contributed by atoms with Crippen molar-refractivity contribution in [2.75, 3.05) is 6.54 Å². The van der Waals surface area contributed by atoms with Crippen molar-refractivity contribution >= 4 is 10.0 Å². The fourth-order valence-corrected chi connectivity index (χ4v) is 3.61. The Morgan fingerprint density at radius 3 is 2.50 bits per heavy atom. The molecule has 0 saturated carbocycles. The second kappa shape index (κ2) is 7.07. The Bertz CT molecular complexity index is 708. The molecule has 0 bridgehead atoms. The number of hydrogen-bond acceptors (Lipinski definition) is 3. The number of nitrogens with one attached hydrogen (secondary N) is 1. The number of aromatic nitrogens is 2. The lowest BCUT2D eigenvalue weighted by molar-refractivity contribution is 0.436. The van der Waals surface area contributed by atoms with Crippen molar-refractivity contribution in [2.45, 2.75) is 33.1 Å². The molecule has 0 aliphatic rings. The minimum atomic E-state index is -3.31. The van der Waals surface area contributed by atoms with Crippen molar-refractivity contribution in [1.82, 2.24) is 14.5 Å². The van der Waals surface area contributed by atoms with Crippen LogP contribution in [0.15, 0.2) is 36.4 Å². The third-order valence-corrected chi connectivity index (χ3v) is 4.76. The molecule has 120 valence electrons. The maximum absolute atomic E-state index is 12.1. The minimum absolute atomic E-state index is 0.0144. The molecule has 1 N–H and O–H groups in total. The lowest BCUT2D eigenvalue weighted by Crippen LogP contribution is -2.31. The predicted molar refractivity (Wildman–Crippen MR) is 87.9 cm³/mol. The molecule has 0 aliphatic heterocycles. The number of benzene rings is 1. The Kier molecular flexibility index (Phi) is 5.37. The zero-order valence-electron chi connectivity index (χ0n) is 13.3. The van der Waals surface area contributed by atoms with E-state index in [0.29, 0.717) is 13.1 Å². The Morgan fingerprint density at radius 1 is 1.23 bits per heavy atom. The van der Waals surface area contributed by atoms with Crippen LogP contribution >= 0.6 is 0 Å². The van der Waals surface area contributed by atoms with E-state index in [4.69, 9.17) is 0 Å². The van der Waals surface area contributed by atoms with Gasteiger partial charge in [-0.15, -0.1) is 0 Å². The molecule has 0 saturated heterocycles. The summed E-state index contributed by atoms with van der Waals surface area (Å²) in [6.45, 7) is 7.09. The average Bonchev–Trinajstić information content (AvgIpc) is 2.75. The third-order valence-electron chi connectivity index (χ3n) is 3.44. The summed E-state index contributed by atoms with van der Waals surface area (Å²) in [5, 5.41) is 4.40. The van der Waals surface area contributed by atoms with Gasteiger partial charge < -0.3 is 0 Å². The highest BCUT2D eigenvalue weighted by atomic mass is 32.2. The van der Waals surface area contributed by atoms with Gasteiger partial charge in [0.1, 0.15) is 0 Å². The Labute approximate surface area is 132 Å². The molecule has 0 fully saturated rings. The van der Waals surface area contributed by atoms with Crippen molar-refractivity contribution < 1.29 is 8.42 Å². The van der Waals surface area contributed by atoms with E-state index in [1.807, 2.05) is 61.9 Å². The molecule has 6 heteroatoms. The van der Waals surface area contributed by atoms with E-state index in [1.54, 1.807) is 0 Å². The molecular formula is C16H23N3O2S. The van der Waals surface area contributed by atoms with Gasteiger partial charge >= 0.3 is 0 Å². The maximum Gasteiger partial charge on any atom is 0.215 e. The van der Waals surface area contributed by atoms with Gasteiger partial charge in [0.05, 0.1) is 11.4 Å². The van der Waals surface area contributed by atoms with Crippen molar-refractivity contribution in [3.8, 4) is 0 Å². The fraction of sp³-hybridized carbons (Fsp3) is 0.438. The Hall–Kier alpha value is -1.66. The van der Waals surface area contributed by atoms with Crippen molar-refractivity contribution in [1.29, 1.82) is 0 Å². The quantitative estimate of drug-likeness (QED) is 0.851. The van der Waals surface area contributed by atoms with Gasteiger partial charge in [0, 0.05) is 18.8 Å². The number of aryl methyl sites for hydroxylation is 2. The second-order valence-electron chi connectivity index (χ2n) is 5.81. The van der Waals surface area contributed by atoms with Gasteiger partial charge in [0.15, 0.2) is 0 Å². The topological polar surface area (TPSA) is 64.0 Å². The second-order valence-corrected chi connectivity index (χ2v) is 7.61.